The number of rotatable bonds is 2. The number of hydrogen-bond acceptors (Lipinski definition) is 5. The number of likely N-dealkylation sites (N-methyl/N-ethyl adjacent to an activating group) is 1. The number of piperazine rings is 1. The summed E-state index contributed by atoms with van der Waals surface area (Å²) in [6.45, 7) is 3.48. The minimum absolute atomic E-state index is 0.275. The van der Waals surface area contributed by atoms with Gasteiger partial charge in [0.25, 0.3) is 6.01 Å². The van der Waals surface area contributed by atoms with E-state index in [4.69, 9.17) is 10.2 Å². The topological polar surface area (TPSA) is 58.5 Å². The summed E-state index contributed by atoms with van der Waals surface area (Å²) in [4.78, 5) is 9.01. The van der Waals surface area contributed by atoms with Crippen LogP contribution in [0.2, 0.25) is 0 Å². The lowest BCUT2D eigenvalue weighted by atomic mass is 10.2. The summed E-state index contributed by atoms with van der Waals surface area (Å²) in [5, 5.41) is 0. The van der Waals surface area contributed by atoms with Gasteiger partial charge in [0.05, 0.1) is 6.04 Å². The smallest absolute Gasteiger partial charge is 0.298 e. The van der Waals surface area contributed by atoms with Gasteiger partial charge in [0.15, 0.2) is 5.58 Å². The third kappa shape index (κ3) is 1.95. The number of fused-ring (bicyclic) bond motifs is 1. The second-order valence-corrected chi connectivity index (χ2v) is 4.81. The van der Waals surface area contributed by atoms with E-state index in [1.54, 1.807) is 0 Å². The van der Waals surface area contributed by atoms with Crippen LogP contribution in [0.5, 0.6) is 0 Å². The number of nitrogens with zero attached hydrogens (tertiary/aromatic N) is 3. The van der Waals surface area contributed by atoms with Crippen molar-refractivity contribution in [2.24, 2.45) is 5.73 Å². The number of hydrogen-bond donors (Lipinski definition) is 1. The summed E-state index contributed by atoms with van der Waals surface area (Å²) < 4.78 is 5.82. The molecule has 1 aromatic heterocycles. The Labute approximate surface area is 106 Å². The van der Waals surface area contributed by atoms with Crippen molar-refractivity contribution in [2.75, 3.05) is 38.1 Å². The van der Waals surface area contributed by atoms with Crippen LogP contribution in [0.15, 0.2) is 28.7 Å². The largest absolute Gasteiger partial charge is 0.423 e. The standard InChI is InChI=1S/C13H18N4O/c1-16-6-7-17(10(8-14)9-16)13-15-11-4-2-3-5-12(11)18-13/h2-5,10H,6-9,14H2,1H3. The Hall–Kier alpha value is -1.59. The zero-order valence-electron chi connectivity index (χ0n) is 10.5. The van der Waals surface area contributed by atoms with E-state index in [1.165, 1.54) is 0 Å². The molecular weight excluding hydrogens is 228 g/mol. The molecule has 2 aromatic rings. The van der Waals surface area contributed by atoms with Gasteiger partial charge in [0.1, 0.15) is 5.52 Å². The van der Waals surface area contributed by atoms with Crippen molar-refractivity contribution in [3.63, 3.8) is 0 Å². The Balaban J connectivity index is 1.92. The quantitative estimate of drug-likeness (QED) is 0.853. The molecule has 1 unspecified atom stereocenters. The van der Waals surface area contributed by atoms with Crippen molar-refractivity contribution >= 4 is 17.1 Å². The average molecular weight is 246 g/mol. The maximum absolute atomic E-state index is 5.85. The lowest BCUT2D eigenvalue weighted by Gasteiger charge is -2.38. The zero-order chi connectivity index (χ0) is 12.5. The molecule has 1 fully saturated rings. The van der Waals surface area contributed by atoms with Crippen LogP contribution in [-0.4, -0.2) is 49.2 Å². The fourth-order valence-corrected chi connectivity index (χ4v) is 2.45. The van der Waals surface area contributed by atoms with Crippen LogP contribution in [-0.2, 0) is 0 Å². The number of para-hydroxylation sites is 2. The van der Waals surface area contributed by atoms with Gasteiger partial charge >= 0.3 is 0 Å². The van der Waals surface area contributed by atoms with Crippen LogP contribution in [0, 0.1) is 0 Å². The average Bonchev–Trinajstić information content (AvgIpc) is 2.82. The first-order chi connectivity index (χ1) is 8.78. The monoisotopic (exact) mass is 246 g/mol. The molecule has 0 radical (unpaired) electrons. The Morgan fingerprint density at radius 2 is 2.22 bits per heavy atom. The molecule has 1 aliphatic rings. The van der Waals surface area contributed by atoms with Crippen LogP contribution in [0.3, 0.4) is 0 Å². The van der Waals surface area contributed by atoms with Crippen LogP contribution < -0.4 is 10.6 Å². The second kappa shape index (κ2) is 4.59. The van der Waals surface area contributed by atoms with Gasteiger partial charge in [0, 0.05) is 26.2 Å². The maximum atomic E-state index is 5.85. The van der Waals surface area contributed by atoms with E-state index in [2.05, 4.69) is 21.8 Å². The molecule has 96 valence electrons. The first-order valence-electron chi connectivity index (χ1n) is 6.29. The van der Waals surface area contributed by atoms with Crippen molar-refractivity contribution in [3.8, 4) is 0 Å². The van der Waals surface area contributed by atoms with E-state index in [1.807, 2.05) is 24.3 Å². The molecule has 5 nitrogen and oxygen atoms in total. The third-order valence-electron chi connectivity index (χ3n) is 3.49. The third-order valence-corrected chi connectivity index (χ3v) is 3.49. The van der Waals surface area contributed by atoms with Gasteiger partial charge in [-0.25, -0.2) is 0 Å². The highest BCUT2D eigenvalue weighted by Gasteiger charge is 2.27. The molecular formula is C13H18N4O. The SMILES string of the molecule is CN1CCN(c2nc3ccccc3o2)C(CN)C1. The molecule has 1 atom stereocenters. The Bertz CT molecular complexity index is 506. The summed E-state index contributed by atoms with van der Waals surface area (Å²) in [5.41, 5.74) is 7.59. The summed E-state index contributed by atoms with van der Waals surface area (Å²) in [7, 11) is 2.12. The van der Waals surface area contributed by atoms with Crippen LogP contribution in [0.4, 0.5) is 6.01 Å². The second-order valence-electron chi connectivity index (χ2n) is 4.81. The molecule has 2 heterocycles. The van der Waals surface area contributed by atoms with Crippen molar-refractivity contribution in [2.45, 2.75) is 6.04 Å². The van der Waals surface area contributed by atoms with Crippen molar-refractivity contribution < 1.29 is 4.42 Å². The minimum atomic E-state index is 0.275. The van der Waals surface area contributed by atoms with Crippen molar-refractivity contribution in [3.05, 3.63) is 24.3 Å². The Morgan fingerprint density at radius 3 is 3.00 bits per heavy atom. The molecule has 0 saturated carbocycles. The van der Waals surface area contributed by atoms with E-state index in [-0.39, 0.29) is 6.04 Å². The van der Waals surface area contributed by atoms with Gasteiger partial charge in [-0.05, 0) is 19.2 Å². The number of aromatic nitrogens is 1. The zero-order valence-corrected chi connectivity index (χ0v) is 10.5. The fraction of sp³-hybridized carbons (Fsp3) is 0.462. The molecule has 3 rings (SSSR count). The molecule has 1 saturated heterocycles. The van der Waals surface area contributed by atoms with E-state index in [0.717, 1.165) is 30.7 Å². The normalized spacial score (nSPS) is 21.7. The Kier molecular flexibility index (Phi) is 2.93. The van der Waals surface area contributed by atoms with Gasteiger partial charge < -0.3 is 20.0 Å². The van der Waals surface area contributed by atoms with E-state index >= 15 is 0 Å². The highest BCUT2D eigenvalue weighted by atomic mass is 16.4. The van der Waals surface area contributed by atoms with Crippen LogP contribution in [0.25, 0.3) is 11.1 Å². The van der Waals surface area contributed by atoms with Crippen LogP contribution >= 0.6 is 0 Å². The number of benzene rings is 1. The summed E-state index contributed by atoms with van der Waals surface area (Å²) in [6.07, 6.45) is 0. The molecule has 0 aliphatic carbocycles. The first kappa shape index (κ1) is 11.5. The number of nitrogens with two attached hydrogens (primary N) is 1. The van der Waals surface area contributed by atoms with E-state index in [0.29, 0.717) is 12.6 Å². The van der Waals surface area contributed by atoms with Crippen molar-refractivity contribution in [1.82, 2.24) is 9.88 Å². The van der Waals surface area contributed by atoms with Gasteiger partial charge in [-0.15, -0.1) is 0 Å². The fourth-order valence-electron chi connectivity index (χ4n) is 2.45. The molecule has 2 N–H and O–H groups in total. The summed E-state index contributed by atoms with van der Waals surface area (Å²) in [5.74, 6) is 0. The molecule has 0 bridgehead atoms. The highest BCUT2D eigenvalue weighted by Crippen LogP contribution is 2.24. The molecule has 0 spiro atoms. The van der Waals surface area contributed by atoms with Gasteiger partial charge in [-0.1, -0.05) is 12.1 Å². The molecule has 1 aromatic carbocycles. The van der Waals surface area contributed by atoms with Crippen LogP contribution in [0.1, 0.15) is 0 Å². The minimum Gasteiger partial charge on any atom is -0.423 e. The summed E-state index contributed by atoms with van der Waals surface area (Å²) >= 11 is 0. The predicted molar refractivity (Wildman–Crippen MR) is 71.7 cm³/mol. The lowest BCUT2D eigenvalue weighted by Crippen LogP contribution is -2.55. The van der Waals surface area contributed by atoms with Gasteiger partial charge in [-0.2, -0.15) is 4.98 Å². The first-order valence-corrected chi connectivity index (χ1v) is 6.29. The maximum Gasteiger partial charge on any atom is 0.298 e. The molecule has 5 heteroatoms. The van der Waals surface area contributed by atoms with E-state index in [9.17, 15) is 0 Å². The van der Waals surface area contributed by atoms with Gasteiger partial charge in [-0.3, -0.25) is 0 Å². The highest BCUT2D eigenvalue weighted by molar-refractivity contribution is 5.74. The van der Waals surface area contributed by atoms with E-state index < -0.39 is 0 Å². The molecule has 0 amide bonds. The number of oxazole rings is 1. The van der Waals surface area contributed by atoms with Gasteiger partial charge in [0.2, 0.25) is 0 Å². The van der Waals surface area contributed by atoms with Crippen molar-refractivity contribution in [1.29, 1.82) is 0 Å². The Morgan fingerprint density at radius 1 is 1.39 bits per heavy atom. The lowest BCUT2D eigenvalue weighted by molar-refractivity contribution is 0.262. The predicted octanol–water partition coefficient (Wildman–Crippen LogP) is 0.907. The summed E-state index contributed by atoms with van der Waals surface area (Å²) in [6, 6.07) is 8.81. The number of anilines is 1. The molecule has 1 aliphatic heterocycles. The molecule has 18 heavy (non-hydrogen) atoms.